The fourth-order valence-corrected chi connectivity index (χ4v) is 4.81. The van der Waals surface area contributed by atoms with Crippen LogP contribution in [0.3, 0.4) is 0 Å². The number of benzene rings is 1. The van der Waals surface area contributed by atoms with Gasteiger partial charge in [-0.05, 0) is 31.9 Å². The Morgan fingerprint density at radius 1 is 1.29 bits per heavy atom. The van der Waals surface area contributed by atoms with Crippen LogP contribution in [0, 0.1) is 0 Å². The van der Waals surface area contributed by atoms with E-state index in [1.807, 2.05) is 6.92 Å². The molecule has 1 aromatic heterocycles. The van der Waals surface area contributed by atoms with E-state index in [9.17, 15) is 4.79 Å². The van der Waals surface area contributed by atoms with Crippen molar-refractivity contribution in [2.75, 3.05) is 37.0 Å². The third-order valence-electron chi connectivity index (χ3n) is 4.37. The summed E-state index contributed by atoms with van der Waals surface area (Å²) in [6.45, 7) is 4.47. The van der Waals surface area contributed by atoms with Crippen molar-refractivity contribution >= 4 is 39.8 Å². The number of fused-ring (bicyclic) bond motifs is 1. The second-order valence-corrected chi connectivity index (χ2v) is 9.06. The van der Waals surface area contributed by atoms with Crippen LogP contribution in [0.25, 0.3) is 0 Å². The summed E-state index contributed by atoms with van der Waals surface area (Å²) in [5.74, 6) is 1.24. The minimum absolute atomic E-state index is 0.106. The molecule has 10 heteroatoms. The third-order valence-corrected chi connectivity index (χ3v) is 6.43. The Morgan fingerprint density at radius 2 is 2.14 bits per heavy atom. The van der Waals surface area contributed by atoms with E-state index in [1.54, 1.807) is 18.2 Å². The first-order valence-electron chi connectivity index (χ1n) is 9.23. The molecule has 2 aromatic rings. The summed E-state index contributed by atoms with van der Waals surface area (Å²) in [6, 6.07) is 5.39. The first-order valence-corrected chi connectivity index (χ1v) is 10.9. The SMILES string of the molecule is CC(Sc1nnc(NCC2CCCO2)s1)C(=O)Nc1ccc2c(c1)OCCO2. The molecular formula is C18H22N4O4S2. The minimum atomic E-state index is -0.313. The lowest BCUT2D eigenvalue weighted by atomic mass is 10.2. The summed E-state index contributed by atoms with van der Waals surface area (Å²) in [5, 5.41) is 14.9. The van der Waals surface area contributed by atoms with Gasteiger partial charge in [0.2, 0.25) is 11.0 Å². The summed E-state index contributed by atoms with van der Waals surface area (Å²) in [7, 11) is 0. The van der Waals surface area contributed by atoms with E-state index >= 15 is 0 Å². The zero-order valence-electron chi connectivity index (χ0n) is 15.5. The molecule has 0 saturated carbocycles. The number of rotatable bonds is 7. The molecule has 3 heterocycles. The molecule has 2 unspecified atom stereocenters. The highest BCUT2D eigenvalue weighted by Crippen LogP contribution is 2.33. The van der Waals surface area contributed by atoms with Crippen molar-refractivity contribution in [2.24, 2.45) is 0 Å². The van der Waals surface area contributed by atoms with Gasteiger partial charge in [-0.3, -0.25) is 4.79 Å². The number of nitrogens with one attached hydrogen (secondary N) is 2. The smallest absolute Gasteiger partial charge is 0.237 e. The van der Waals surface area contributed by atoms with E-state index in [0.29, 0.717) is 30.4 Å². The number of thioether (sulfide) groups is 1. The number of nitrogens with zero attached hydrogens (tertiary/aromatic N) is 2. The lowest BCUT2D eigenvalue weighted by Crippen LogP contribution is -2.22. The summed E-state index contributed by atoms with van der Waals surface area (Å²) in [5.41, 5.74) is 0.679. The molecule has 1 aromatic carbocycles. The minimum Gasteiger partial charge on any atom is -0.486 e. The van der Waals surface area contributed by atoms with Crippen LogP contribution >= 0.6 is 23.1 Å². The van der Waals surface area contributed by atoms with Crippen LogP contribution in [-0.2, 0) is 9.53 Å². The van der Waals surface area contributed by atoms with Crippen molar-refractivity contribution in [1.82, 2.24) is 10.2 Å². The quantitative estimate of drug-likeness (QED) is 0.658. The van der Waals surface area contributed by atoms with Crippen LogP contribution in [0.15, 0.2) is 22.5 Å². The molecule has 2 N–H and O–H groups in total. The van der Waals surface area contributed by atoms with Gasteiger partial charge in [-0.1, -0.05) is 23.1 Å². The second kappa shape index (κ2) is 8.97. The fraction of sp³-hybridized carbons (Fsp3) is 0.500. The first kappa shape index (κ1) is 19.3. The van der Waals surface area contributed by atoms with Crippen molar-refractivity contribution in [2.45, 2.75) is 35.5 Å². The summed E-state index contributed by atoms with van der Waals surface area (Å²) < 4.78 is 17.4. The Labute approximate surface area is 171 Å². The van der Waals surface area contributed by atoms with Crippen molar-refractivity contribution in [3.63, 3.8) is 0 Å². The normalized spacial score (nSPS) is 19.2. The van der Waals surface area contributed by atoms with Gasteiger partial charge in [0, 0.05) is 24.9 Å². The highest BCUT2D eigenvalue weighted by molar-refractivity contribution is 8.02. The maximum atomic E-state index is 12.5. The topological polar surface area (TPSA) is 94.6 Å². The molecule has 8 nitrogen and oxygen atoms in total. The molecule has 2 aliphatic rings. The molecule has 4 rings (SSSR count). The predicted octanol–water partition coefficient (Wildman–Crippen LogP) is 3.02. The molecular weight excluding hydrogens is 400 g/mol. The Balaban J connectivity index is 1.28. The molecule has 0 aliphatic carbocycles. The molecule has 2 aliphatic heterocycles. The van der Waals surface area contributed by atoms with E-state index in [1.165, 1.54) is 23.1 Å². The number of carbonyl (C=O) groups excluding carboxylic acids is 1. The maximum Gasteiger partial charge on any atom is 0.237 e. The third kappa shape index (κ3) is 4.86. The van der Waals surface area contributed by atoms with Crippen LogP contribution in [0.4, 0.5) is 10.8 Å². The maximum absolute atomic E-state index is 12.5. The first-order chi connectivity index (χ1) is 13.7. The van der Waals surface area contributed by atoms with E-state index in [4.69, 9.17) is 14.2 Å². The van der Waals surface area contributed by atoms with Gasteiger partial charge in [0.25, 0.3) is 0 Å². The number of aromatic nitrogens is 2. The van der Waals surface area contributed by atoms with Gasteiger partial charge in [0.05, 0.1) is 11.4 Å². The molecule has 1 saturated heterocycles. The molecule has 1 amide bonds. The lowest BCUT2D eigenvalue weighted by Gasteiger charge is -2.19. The summed E-state index contributed by atoms with van der Waals surface area (Å²) in [6.07, 6.45) is 2.43. The van der Waals surface area contributed by atoms with Gasteiger partial charge in [-0.2, -0.15) is 0 Å². The number of carbonyl (C=O) groups is 1. The van der Waals surface area contributed by atoms with Crippen LogP contribution < -0.4 is 20.1 Å². The Kier molecular flexibility index (Phi) is 6.18. The van der Waals surface area contributed by atoms with Gasteiger partial charge >= 0.3 is 0 Å². The van der Waals surface area contributed by atoms with E-state index < -0.39 is 0 Å². The van der Waals surface area contributed by atoms with Crippen LogP contribution in [-0.4, -0.2) is 53.8 Å². The van der Waals surface area contributed by atoms with Crippen LogP contribution in [0.5, 0.6) is 11.5 Å². The largest absolute Gasteiger partial charge is 0.486 e. The highest BCUT2D eigenvalue weighted by Gasteiger charge is 2.20. The van der Waals surface area contributed by atoms with E-state index in [2.05, 4.69) is 20.8 Å². The van der Waals surface area contributed by atoms with Crippen LogP contribution in [0.1, 0.15) is 19.8 Å². The number of amides is 1. The molecule has 150 valence electrons. The fourth-order valence-electron chi connectivity index (χ4n) is 2.91. The zero-order chi connectivity index (χ0) is 19.3. The molecule has 0 spiro atoms. The molecule has 0 radical (unpaired) electrons. The standard InChI is InChI=1S/C18H22N4O4S2/c1-11(16(23)20-12-4-5-14-15(9-12)26-8-7-25-14)27-18-22-21-17(28-18)19-10-13-3-2-6-24-13/h4-5,9,11,13H,2-3,6-8,10H2,1H3,(H,19,21)(H,20,23). The monoisotopic (exact) mass is 422 g/mol. The average molecular weight is 423 g/mol. The molecule has 28 heavy (non-hydrogen) atoms. The Morgan fingerprint density at radius 3 is 2.96 bits per heavy atom. The second-order valence-electron chi connectivity index (χ2n) is 6.50. The summed E-state index contributed by atoms with van der Waals surface area (Å²) >= 11 is 2.83. The van der Waals surface area contributed by atoms with Crippen LogP contribution in [0.2, 0.25) is 0 Å². The van der Waals surface area contributed by atoms with Gasteiger partial charge in [0.1, 0.15) is 13.2 Å². The predicted molar refractivity (Wildman–Crippen MR) is 109 cm³/mol. The zero-order valence-corrected chi connectivity index (χ0v) is 17.1. The molecule has 0 bridgehead atoms. The van der Waals surface area contributed by atoms with Crippen molar-refractivity contribution in [3.05, 3.63) is 18.2 Å². The average Bonchev–Trinajstić information content (AvgIpc) is 3.38. The summed E-state index contributed by atoms with van der Waals surface area (Å²) in [4.78, 5) is 12.5. The Hall–Kier alpha value is -2.04. The Bertz CT molecular complexity index is 826. The van der Waals surface area contributed by atoms with E-state index in [0.717, 1.165) is 35.5 Å². The van der Waals surface area contributed by atoms with Gasteiger partial charge in [-0.15, -0.1) is 10.2 Å². The lowest BCUT2D eigenvalue weighted by molar-refractivity contribution is -0.115. The van der Waals surface area contributed by atoms with Gasteiger partial charge < -0.3 is 24.8 Å². The number of anilines is 2. The highest BCUT2D eigenvalue weighted by atomic mass is 32.2. The van der Waals surface area contributed by atoms with Gasteiger partial charge in [0.15, 0.2) is 15.8 Å². The molecule has 1 fully saturated rings. The van der Waals surface area contributed by atoms with E-state index in [-0.39, 0.29) is 17.3 Å². The number of hydrogen-bond donors (Lipinski definition) is 2. The molecule has 2 atom stereocenters. The van der Waals surface area contributed by atoms with Crippen molar-refractivity contribution < 1.29 is 19.0 Å². The number of hydrogen-bond acceptors (Lipinski definition) is 9. The number of ether oxygens (including phenoxy) is 3. The van der Waals surface area contributed by atoms with Crippen molar-refractivity contribution in [1.29, 1.82) is 0 Å². The van der Waals surface area contributed by atoms with Crippen molar-refractivity contribution in [3.8, 4) is 11.5 Å². The van der Waals surface area contributed by atoms with Gasteiger partial charge in [-0.25, -0.2) is 0 Å².